The third kappa shape index (κ3) is 5.35. The molecule has 2 saturated heterocycles. The van der Waals surface area contributed by atoms with E-state index < -0.39 is 6.04 Å². The molecule has 0 N–H and O–H groups in total. The topological polar surface area (TPSA) is 60.9 Å². The maximum atomic E-state index is 13.9. The van der Waals surface area contributed by atoms with Crippen LogP contribution in [0.5, 0.6) is 0 Å². The number of benzene rings is 3. The number of carbonyl (C=O) groups is 3. The third-order valence-electron chi connectivity index (χ3n) is 7.48. The van der Waals surface area contributed by atoms with E-state index in [2.05, 4.69) is 17.0 Å². The monoisotopic (exact) mass is 495 g/mol. The summed E-state index contributed by atoms with van der Waals surface area (Å²) in [4.78, 5) is 46.0. The van der Waals surface area contributed by atoms with Crippen molar-refractivity contribution in [2.45, 2.75) is 51.7 Å². The molecule has 3 aromatic rings. The number of piperidine rings is 1. The molecule has 0 aromatic heterocycles. The van der Waals surface area contributed by atoms with E-state index in [1.54, 1.807) is 17.0 Å². The molecule has 2 aliphatic heterocycles. The Hall–Kier alpha value is -3.77. The molecule has 0 spiro atoms. The van der Waals surface area contributed by atoms with Crippen LogP contribution in [0.2, 0.25) is 0 Å². The van der Waals surface area contributed by atoms with Crippen LogP contribution in [0, 0.1) is 13.8 Å². The SMILES string of the molecule is Cc1ccc(C(=O)N(C2CCN(Cc3ccccc3)CC2)C2CC(=O)N(c3ccc(C)cc3)C2=O)cc1. The minimum Gasteiger partial charge on any atom is -0.323 e. The molecule has 2 heterocycles. The molecule has 3 aromatic carbocycles. The van der Waals surface area contributed by atoms with E-state index in [1.807, 2.05) is 68.4 Å². The summed E-state index contributed by atoms with van der Waals surface area (Å²) < 4.78 is 0. The highest BCUT2D eigenvalue weighted by atomic mass is 16.2. The van der Waals surface area contributed by atoms with Crippen molar-refractivity contribution in [3.63, 3.8) is 0 Å². The molecule has 190 valence electrons. The Morgan fingerprint density at radius 3 is 2.05 bits per heavy atom. The summed E-state index contributed by atoms with van der Waals surface area (Å²) in [5.74, 6) is -0.762. The summed E-state index contributed by atoms with van der Waals surface area (Å²) in [5, 5.41) is 0. The molecular formula is C31H33N3O3. The Balaban J connectivity index is 1.39. The van der Waals surface area contributed by atoms with Crippen LogP contribution in [0.3, 0.4) is 0 Å². The smallest absolute Gasteiger partial charge is 0.257 e. The van der Waals surface area contributed by atoms with E-state index in [1.165, 1.54) is 10.5 Å². The molecular weight excluding hydrogens is 462 g/mol. The Kier molecular flexibility index (Phi) is 7.19. The zero-order chi connectivity index (χ0) is 25.9. The zero-order valence-electron chi connectivity index (χ0n) is 21.5. The number of carbonyl (C=O) groups excluding carboxylic acids is 3. The van der Waals surface area contributed by atoms with Crippen molar-refractivity contribution in [1.82, 2.24) is 9.80 Å². The van der Waals surface area contributed by atoms with Gasteiger partial charge in [0.05, 0.1) is 12.1 Å². The highest BCUT2D eigenvalue weighted by molar-refractivity contribution is 6.23. The number of likely N-dealkylation sites (tertiary alicyclic amines) is 1. The number of hydrogen-bond acceptors (Lipinski definition) is 4. The van der Waals surface area contributed by atoms with Crippen molar-refractivity contribution < 1.29 is 14.4 Å². The summed E-state index contributed by atoms with van der Waals surface area (Å²) in [6, 6.07) is 24.3. The number of rotatable bonds is 6. The standard InChI is InChI=1S/C31H33N3O3/c1-22-8-12-25(13-9-22)30(36)33(27-16-18-32(19-17-27)21-24-6-4-3-5-7-24)28-20-29(35)34(31(28)37)26-14-10-23(2)11-15-26/h3-15,27-28H,16-21H2,1-2H3. The van der Waals surface area contributed by atoms with Crippen molar-refractivity contribution >= 4 is 23.4 Å². The van der Waals surface area contributed by atoms with Crippen LogP contribution in [0.15, 0.2) is 78.9 Å². The van der Waals surface area contributed by atoms with Gasteiger partial charge in [-0.3, -0.25) is 19.3 Å². The molecule has 0 radical (unpaired) electrons. The molecule has 0 saturated carbocycles. The number of anilines is 1. The lowest BCUT2D eigenvalue weighted by Crippen LogP contribution is -2.54. The predicted octanol–water partition coefficient (Wildman–Crippen LogP) is 4.74. The van der Waals surface area contributed by atoms with Gasteiger partial charge in [-0.1, -0.05) is 65.7 Å². The summed E-state index contributed by atoms with van der Waals surface area (Å²) >= 11 is 0. The Labute approximate surface area is 218 Å². The Bertz CT molecular complexity index is 1260. The van der Waals surface area contributed by atoms with Gasteiger partial charge in [0, 0.05) is 31.2 Å². The molecule has 3 amide bonds. The van der Waals surface area contributed by atoms with E-state index >= 15 is 0 Å². The third-order valence-corrected chi connectivity index (χ3v) is 7.48. The van der Waals surface area contributed by atoms with Gasteiger partial charge in [0.15, 0.2) is 0 Å². The van der Waals surface area contributed by atoms with Gasteiger partial charge in [0.2, 0.25) is 5.91 Å². The van der Waals surface area contributed by atoms with Crippen molar-refractivity contribution in [1.29, 1.82) is 0 Å². The predicted molar refractivity (Wildman–Crippen MR) is 144 cm³/mol. The average Bonchev–Trinajstić information content (AvgIpc) is 3.20. The number of nitrogens with zero attached hydrogens (tertiary/aromatic N) is 3. The van der Waals surface area contributed by atoms with Crippen molar-refractivity contribution in [3.8, 4) is 0 Å². The van der Waals surface area contributed by atoms with E-state index in [0.717, 1.165) is 43.6 Å². The van der Waals surface area contributed by atoms with Gasteiger partial charge >= 0.3 is 0 Å². The van der Waals surface area contributed by atoms with E-state index in [-0.39, 0.29) is 30.2 Å². The first-order chi connectivity index (χ1) is 17.9. The summed E-state index contributed by atoms with van der Waals surface area (Å²) in [7, 11) is 0. The second-order valence-electron chi connectivity index (χ2n) is 10.2. The van der Waals surface area contributed by atoms with E-state index in [9.17, 15) is 14.4 Å². The molecule has 2 fully saturated rings. The van der Waals surface area contributed by atoms with Gasteiger partial charge in [0.1, 0.15) is 6.04 Å². The number of amides is 3. The van der Waals surface area contributed by atoms with Crippen LogP contribution in [0.1, 0.15) is 46.3 Å². The molecule has 5 rings (SSSR count). The normalized spacial score (nSPS) is 18.9. The van der Waals surface area contributed by atoms with Gasteiger partial charge in [-0.25, -0.2) is 4.90 Å². The molecule has 1 unspecified atom stereocenters. The number of aryl methyl sites for hydroxylation is 2. The van der Waals surface area contributed by atoms with Crippen LogP contribution in [0.4, 0.5) is 5.69 Å². The largest absolute Gasteiger partial charge is 0.323 e. The van der Waals surface area contributed by atoms with E-state index in [4.69, 9.17) is 0 Å². The molecule has 6 heteroatoms. The molecule has 2 aliphatic rings. The minimum atomic E-state index is -0.798. The van der Waals surface area contributed by atoms with Crippen molar-refractivity contribution in [3.05, 3.63) is 101 Å². The maximum absolute atomic E-state index is 13.9. The number of hydrogen-bond donors (Lipinski definition) is 0. The molecule has 0 bridgehead atoms. The fourth-order valence-corrected chi connectivity index (χ4v) is 5.40. The molecule has 0 aliphatic carbocycles. The minimum absolute atomic E-state index is 0.00847. The summed E-state index contributed by atoms with van der Waals surface area (Å²) in [6.45, 7) is 6.46. The van der Waals surface area contributed by atoms with Crippen LogP contribution in [0.25, 0.3) is 0 Å². The highest BCUT2D eigenvalue weighted by Gasteiger charge is 2.47. The fraction of sp³-hybridized carbons (Fsp3) is 0.323. The Morgan fingerprint density at radius 2 is 1.43 bits per heavy atom. The molecule has 1 atom stereocenters. The van der Waals surface area contributed by atoms with Gasteiger partial charge in [-0.05, 0) is 56.5 Å². The van der Waals surface area contributed by atoms with E-state index in [0.29, 0.717) is 11.3 Å². The molecule has 37 heavy (non-hydrogen) atoms. The van der Waals surface area contributed by atoms with Gasteiger partial charge in [-0.2, -0.15) is 0 Å². The zero-order valence-corrected chi connectivity index (χ0v) is 21.5. The first-order valence-electron chi connectivity index (χ1n) is 13.0. The Morgan fingerprint density at radius 1 is 0.838 bits per heavy atom. The first kappa shape index (κ1) is 24.9. The summed E-state index contributed by atoms with van der Waals surface area (Å²) in [6.07, 6.45) is 1.52. The van der Waals surface area contributed by atoms with Crippen molar-refractivity contribution in [2.75, 3.05) is 18.0 Å². The quantitative estimate of drug-likeness (QED) is 0.464. The second kappa shape index (κ2) is 10.7. The lowest BCUT2D eigenvalue weighted by molar-refractivity contribution is -0.123. The molecule has 6 nitrogen and oxygen atoms in total. The van der Waals surface area contributed by atoms with Gasteiger partial charge in [0.25, 0.3) is 11.8 Å². The first-order valence-corrected chi connectivity index (χ1v) is 13.0. The summed E-state index contributed by atoms with van der Waals surface area (Å²) in [5.41, 5.74) is 4.49. The lowest BCUT2D eigenvalue weighted by Gasteiger charge is -2.40. The van der Waals surface area contributed by atoms with Gasteiger partial charge < -0.3 is 4.90 Å². The fourth-order valence-electron chi connectivity index (χ4n) is 5.40. The van der Waals surface area contributed by atoms with Crippen LogP contribution < -0.4 is 4.90 Å². The average molecular weight is 496 g/mol. The maximum Gasteiger partial charge on any atom is 0.257 e. The number of imide groups is 1. The highest BCUT2D eigenvalue weighted by Crippen LogP contribution is 2.31. The van der Waals surface area contributed by atoms with Crippen LogP contribution in [-0.4, -0.2) is 52.7 Å². The van der Waals surface area contributed by atoms with Crippen LogP contribution in [-0.2, 0) is 16.1 Å². The van der Waals surface area contributed by atoms with Gasteiger partial charge in [-0.15, -0.1) is 0 Å². The second-order valence-corrected chi connectivity index (χ2v) is 10.2. The van der Waals surface area contributed by atoms with Crippen molar-refractivity contribution in [2.24, 2.45) is 0 Å². The van der Waals surface area contributed by atoms with Crippen LogP contribution >= 0.6 is 0 Å². The lowest BCUT2D eigenvalue weighted by atomic mass is 9.98.